The maximum Gasteiger partial charge on any atom is 0.416 e. The minimum Gasteiger partial charge on any atom is -0.392 e. The Hall–Kier alpha value is -2.09. The first-order valence-corrected chi connectivity index (χ1v) is 4.80. The molecule has 0 amide bonds. The summed E-state index contributed by atoms with van der Waals surface area (Å²) in [5, 5.41) is 8.90. The molecule has 1 aromatic carbocycles. The minimum atomic E-state index is -4.65. The topological polar surface area (TPSA) is 85.9 Å². The Morgan fingerprint density at radius 3 is 2.00 bits per heavy atom. The molecule has 3 N–H and O–H groups in total. The Balaban J connectivity index is 2.86. The summed E-state index contributed by atoms with van der Waals surface area (Å²) in [5.41, 5.74) is -3.56. The van der Waals surface area contributed by atoms with E-state index >= 15 is 0 Å². The molecule has 0 unspecified atom stereocenters. The molecule has 5 nitrogen and oxygen atoms in total. The molecule has 0 radical (unpaired) electrons. The summed E-state index contributed by atoms with van der Waals surface area (Å²) in [5.74, 6) is 0. The number of aliphatic hydroxyl groups excluding tert-OH is 1. The first-order chi connectivity index (χ1) is 8.32. The highest BCUT2D eigenvalue weighted by atomic mass is 19.4. The number of fused-ring (bicyclic) bond motifs is 1. The quantitative estimate of drug-likeness (QED) is 0.660. The van der Waals surface area contributed by atoms with Crippen LogP contribution >= 0.6 is 0 Å². The maximum absolute atomic E-state index is 12.7. The van der Waals surface area contributed by atoms with Gasteiger partial charge in [0.2, 0.25) is 0 Å². The predicted molar refractivity (Wildman–Crippen MR) is 56.1 cm³/mol. The number of alkyl halides is 3. The normalized spacial score (nSPS) is 12.0. The zero-order valence-electron chi connectivity index (χ0n) is 8.76. The summed E-state index contributed by atoms with van der Waals surface area (Å²) in [6.45, 7) is -0.827. The number of aromatic nitrogens is 2. The van der Waals surface area contributed by atoms with Crippen molar-refractivity contribution >= 4 is 11.0 Å². The molecule has 0 bridgehead atoms. The van der Waals surface area contributed by atoms with Gasteiger partial charge in [0.25, 0.3) is 0 Å². The second kappa shape index (κ2) is 3.98. The lowest BCUT2D eigenvalue weighted by molar-refractivity contribution is -0.138. The van der Waals surface area contributed by atoms with E-state index in [1.807, 2.05) is 4.98 Å². The average molecular weight is 260 g/mol. The van der Waals surface area contributed by atoms with E-state index in [4.69, 9.17) is 5.11 Å². The van der Waals surface area contributed by atoms with Crippen molar-refractivity contribution in [1.82, 2.24) is 9.97 Å². The van der Waals surface area contributed by atoms with Crippen LogP contribution in [0.1, 0.15) is 11.1 Å². The number of benzene rings is 1. The third kappa shape index (κ3) is 2.02. The highest BCUT2D eigenvalue weighted by Gasteiger charge is 2.33. The van der Waals surface area contributed by atoms with Crippen molar-refractivity contribution in [2.75, 3.05) is 0 Å². The van der Waals surface area contributed by atoms with Gasteiger partial charge < -0.3 is 15.1 Å². The molecule has 0 saturated carbocycles. The van der Waals surface area contributed by atoms with Gasteiger partial charge in [-0.25, -0.2) is 0 Å². The second-order valence-electron chi connectivity index (χ2n) is 3.62. The first-order valence-electron chi connectivity index (χ1n) is 4.80. The fourth-order valence-electron chi connectivity index (χ4n) is 1.60. The largest absolute Gasteiger partial charge is 0.416 e. The Bertz CT molecular complexity index is 715. The van der Waals surface area contributed by atoms with Crippen LogP contribution in [0.4, 0.5) is 13.2 Å². The van der Waals surface area contributed by atoms with Crippen LogP contribution in [0.25, 0.3) is 11.0 Å². The van der Waals surface area contributed by atoms with Crippen molar-refractivity contribution in [3.8, 4) is 0 Å². The molecule has 1 aromatic heterocycles. The summed E-state index contributed by atoms with van der Waals surface area (Å²) in [6.07, 6.45) is -4.65. The maximum atomic E-state index is 12.7. The Labute approximate surface area is 96.9 Å². The zero-order valence-corrected chi connectivity index (χ0v) is 8.76. The van der Waals surface area contributed by atoms with Gasteiger partial charge in [0.05, 0.1) is 23.2 Å². The minimum absolute atomic E-state index is 0.0247. The van der Waals surface area contributed by atoms with Gasteiger partial charge in [-0.1, -0.05) is 0 Å². The number of nitrogens with one attached hydrogen (secondary N) is 2. The van der Waals surface area contributed by atoms with Gasteiger partial charge in [0.15, 0.2) is 0 Å². The SMILES string of the molecule is O=c1[nH]c2cc(CO)c(C(F)(F)F)cc2[nH]c1=O. The molecule has 0 aliphatic carbocycles. The Kier molecular flexibility index (Phi) is 2.74. The van der Waals surface area contributed by atoms with Crippen molar-refractivity contribution in [3.63, 3.8) is 0 Å². The number of aliphatic hydroxyl groups is 1. The Morgan fingerprint density at radius 1 is 1.06 bits per heavy atom. The van der Waals surface area contributed by atoms with Gasteiger partial charge in [-0.2, -0.15) is 13.2 Å². The molecule has 2 rings (SSSR count). The lowest BCUT2D eigenvalue weighted by atomic mass is 10.1. The van der Waals surface area contributed by atoms with E-state index in [2.05, 4.69) is 4.98 Å². The molecule has 0 atom stereocenters. The second-order valence-corrected chi connectivity index (χ2v) is 3.62. The summed E-state index contributed by atoms with van der Waals surface area (Å²) >= 11 is 0. The molecule has 0 saturated heterocycles. The smallest absolute Gasteiger partial charge is 0.392 e. The molecule has 96 valence electrons. The van der Waals surface area contributed by atoms with Crippen LogP contribution < -0.4 is 11.1 Å². The van der Waals surface area contributed by atoms with Crippen LogP contribution in [0.2, 0.25) is 0 Å². The molecule has 18 heavy (non-hydrogen) atoms. The lowest BCUT2D eigenvalue weighted by Crippen LogP contribution is -2.29. The lowest BCUT2D eigenvalue weighted by Gasteiger charge is -2.12. The Morgan fingerprint density at radius 2 is 1.56 bits per heavy atom. The van der Waals surface area contributed by atoms with E-state index in [1.165, 1.54) is 0 Å². The van der Waals surface area contributed by atoms with Crippen LogP contribution in [0.3, 0.4) is 0 Å². The predicted octanol–water partition coefficient (Wildman–Crippen LogP) is 0.727. The molecule has 2 aromatic rings. The highest BCUT2D eigenvalue weighted by molar-refractivity contribution is 5.76. The molecule has 0 spiro atoms. The fourth-order valence-corrected chi connectivity index (χ4v) is 1.60. The van der Waals surface area contributed by atoms with E-state index in [0.29, 0.717) is 6.07 Å². The van der Waals surface area contributed by atoms with Crippen molar-refractivity contribution in [3.05, 3.63) is 44.0 Å². The van der Waals surface area contributed by atoms with E-state index in [-0.39, 0.29) is 16.6 Å². The monoisotopic (exact) mass is 260 g/mol. The van der Waals surface area contributed by atoms with Gasteiger partial charge in [-0.15, -0.1) is 0 Å². The number of aromatic amines is 2. The molecular weight excluding hydrogens is 253 g/mol. The fraction of sp³-hybridized carbons (Fsp3) is 0.200. The summed E-state index contributed by atoms with van der Waals surface area (Å²) in [7, 11) is 0. The van der Waals surface area contributed by atoms with Crippen LogP contribution in [0, 0.1) is 0 Å². The molecule has 0 fully saturated rings. The molecular formula is C10H7F3N2O3. The third-order valence-corrected chi connectivity index (χ3v) is 2.42. The van der Waals surface area contributed by atoms with Gasteiger partial charge in [-0.3, -0.25) is 9.59 Å². The summed E-state index contributed by atoms with van der Waals surface area (Å²) < 4.78 is 38.0. The molecule has 1 heterocycles. The van der Waals surface area contributed by atoms with Crippen molar-refractivity contribution in [2.45, 2.75) is 12.8 Å². The molecule has 8 heteroatoms. The van der Waals surface area contributed by atoms with Crippen LogP contribution in [-0.2, 0) is 12.8 Å². The first kappa shape index (κ1) is 12.4. The number of rotatable bonds is 1. The highest BCUT2D eigenvalue weighted by Crippen LogP contribution is 2.33. The number of hydrogen-bond donors (Lipinski definition) is 3. The van der Waals surface area contributed by atoms with E-state index in [0.717, 1.165) is 6.07 Å². The van der Waals surface area contributed by atoms with E-state index < -0.39 is 29.5 Å². The number of halogens is 3. The third-order valence-electron chi connectivity index (χ3n) is 2.42. The standard InChI is InChI=1S/C10H7F3N2O3/c11-10(12,13)5-2-7-6(1-4(5)3-16)14-8(17)9(18)15-7/h1-2,16H,3H2,(H,14,17)(H,15,18). The average Bonchev–Trinajstić information content (AvgIpc) is 2.28. The van der Waals surface area contributed by atoms with Crippen LogP contribution in [-0.4, -0.2) is 15.1 Å². The van der Waals surface area contributed by atoms with Crippen molar-refractivity contribution in [2.24, 2.45) is 0 Å². The van der Waals surface area contributed by atoms with Gasteiger partial charge in [0, 0.05) is 0 Å². The van der Waals surface area contributed by atoms with E-state index in [1.54, 1.807) is 0 Å². The van der Waals surface area contributed by atoms with Crippen molar-refractivity contribution in [1.29, 1.82) is 0 Å². The van der Waals surface area contributed by atoms with Gasteiger partial charge in [-0.05, 0) is 17.7 Å². The zero-order chi connectivity index (χ0) is 13.5. The van der Waals surface area contributed by atoms with Crippen LogP contribution in [0.5, 0.6) is 0 Å². The number of H-pyrrole nitrogens is 2. The van der Waals surface area contributed by atoms with Crippen LogP contribution in [0.15, 0.2) is 21.7 Å². The van der Waals surface area contributed by atoms with Crippen molar-refractivity contribution < 1.29 is 18.3 Å². The van der Waals surface area contributed by atoms with Gasteiger partial charge in [0.1, 0.15) is 0 Å². The number of hydrogen-bond acceptors (Lipinski definition) is 3. The summed E-state index contributed by atoms with van der Waals surface area (Å²) in [4.78, 5) is 26.2. The summed E-state index contributed by atoms with van der Waals surface area (Å²) in [6, 6.07) is 1.66. The molecule has 0 aliphatic heterocycles. The van der Waals surface area contributed by atoms with Gasteiger partial charge >= 0.3 is 17.3 Å². The molecule has 0 aliphatic rings. The van der Waals surface area contributed by atoms with E-state index in [9.17, 15) is 22.8 Å².